The second kappa shape index (κ2) is 3.96. The highest BCUT2D eigenvalue weighted by Gasteiger charge is 2.34. The maximum Gasteiger partial charge on any atom is 0.250 e. The molecule has 1 unspecified atom stereocenters. The molecule has 0 aromatic carbocycles. The van der Waals surface area contributed by atoms with Gasteiger partial charge in [0.05, 0.1) is 5.69 Å². The number of rotatable bonds is 2. The highest BCUT2D eigenvalue weighted by Crippen LogP contribution is 2.38. The molecule has 1 N–H and O–H groups in total. The normalized spacial score (nSPS) is 23.3. The van der Waals surface area contributed by atoms with E-state index in [9.17, 15) is 4.79 Å². The average Bonchev–Trinajstić information content (AvgIpc) is 2.52. The molecule has 3 nitrogen and oxygen atoms in total. The van der Waals surface area contributed by atoms with Crippen molar-refractivity contribution < 1.29 is 0 Å². The van der Waals surface area contributed by atoms with Crippen LogP contribution in [0.3, 0.4) is 0 Å². The van der Waals surface area contributed by atoms with Crippen LogP contribution in [0.1, 0.15) is 33.1 Å². The van der Waals surface area contributed by atoms with Gasteiger partial charge in [-0.2, -0.15) is 0 Å². The molecule has 1 fully saturated rings. The predicted molar refractivity (Wildman–Crippen MR) is 66.7 cm³/mol. The molecule has 1 aromatic heterocycles. The number of aryl methyl sites for hydroxylation is 1. The minimum absolute atomic E-state index is 0.0382. The van der Waals surface area contributed by atoms with Crippen molar-refractivity contribution >= 4 is 5.69 Å². The number of nitrogens with zero attached hydrogens (tertiary/aromatic N) is 1. The van der Waals surface area contributed by atoms with Crippen molar-refractivity contribution in [3.8, 4) is 0 Å². The van der Waals surface area contributed by atoms with E-state index >= 15 is 0 Å². The van der Waals surface area contributed by atoms with Gasteiger partial charge in [0.1, 0.15) is 0 Å². The standard InChI is InChI=1S/C13H20N2O/c1-13(2)8-4-5-11(13)14-10-6-7-12(16)15(3)9-10/h6-7,9,11,14H,4-5,8H2,1-3H3. The summed E-state index contributed by atoms with van der Waals surface area (Å²) in [5.41, 5.74) is 1.44. The average molecular weight is 220 g/mol. The molecule has 0 saturated heterocycles. The molecule has 1 aliphatic carbocycles. The van der Waals surface area contributed by atoms with Gasteiger partial charge in [-0.05, 0) is 24.3 Å². The zero-order chi connectivity index (χ0) is 11.8. The summed E-state index contributed by atoms with van der Waals surface area (Å²) < 4.78 is 1.62. The largest absolute Gasteiger partial charge is 0.381 e. The zero-order valence-electron chi connectivity index (χ0n) is 10.3. The molecule has 16 heavy (non-hydrogen) atoms. The lowest BCUT2D eigenvalue weighted by atomic mass is 9.87. The van der Waals surface area contributed by atoms with E-state index in [0.29, 0.717) is 11.5 Å². The lowest BCUT2D eigenvalue weighted by Gasteiger charge is -2.28. The van der Waals surface area contributed by atoms with Crippen molar-refractivity contribution in [2.45, 2.75) is 39.2 Å². The Bertz CT molecular complexity index is 434. The number of hydrogen-bond acceptors (Lipinski definition) is 2. The Morgan fingerprint density at radius 2 is 2.19 bits per heavy atom. The molecule has 1 aliphatic rings. The van der Waals surface area contributed by atoms with Crippen LogP contribution in [0, 0.1) is 5.41 Å². The van der Waals surface area contributed by atoms with Crippen LogP contribution in [0.15, 0.2) is 23.1 Å². The third kappa shape index (κ3) is 2.13. The van der Waals surface area contributed by atoms with Crippen LogP contribution in [0.25, 0.3) is 0 Å². The number of anilines is 1. The molecule has 3 heteroatoms. The van der Waals surface area contributed by atoms with E-state index in [4.69, 9.17) is 0 Å². The third-order valence-electron chi connectivity index (χ3n) is 3.68. The van der Waals surface area contributed by atoms with Crippen molar-refractivity contribution in [1.29, 1.82) is 0 Å². The van der Waals surface area contributed by atoms with Crippen LogP contribution in [0.5, 0.6) is 0 Å². The quantitative estimate of drug-likeness (QED) is 0.830. The Balaban J connectivity index is 2.15. The monoisotopic (exact) mass is 220 g/mol. The molecule has 1 heterocycles. The Morgan fingerprint density at radius 3 is 2.75 bits per heavy atom. The number of aromatic nitrogens is 1. The first-order valence-corrected chi connectivity index (χ1v) is 5.92. The van der Waals surface area contributed by atoms with E-state index in [1.165, 1.54) is 19.3 Å². The molecule has 1 saturated carbocycles. The maximum absolute atomic E-state index is 11.3. The van der Waals surface area contributed by atoms with Gasteiger partial charge >= 0.3 is 0 Å². The van der Waals surface area contributed by atoms with Gasteiger partial charge in [0.2, 0.25) is 5.56 Å². The van der Waals surface area contributed by atoms with Gasteiger partial charge in [0.25, 0.3) is 0 Å². The molecule has 0 radical (unpaired) electrons. The molecule has 1 aromatic rings. The SMILES string of the molecule is Cn1cc(NC2CCCC2(C)C)ccc1=O. The van der Waals surface area contributed by atoms with Gasteiger partial charge in [0, 0.05) is 25.4 Å². The minimum atomic E-state index is 0.0382. The summed E-state index contributed by atoms with van der Waals surface area (Å²) in [6.45, 7) is 4.61. The highest BCUT2D eigenvalue weighted by molar-refractivity contribution is 5.42. The fraction of sp³-hybridized carbons (Fsp3) is 0.615. The van der Waals surface area contributed by atoms with E-state index < -0.39 is 0 Å². The first-order chi connectivity index (χ1) is 7.49. The minimum Gasteiger partial charge on any atom is -0.381 e. The molecular weight excluding hydrogens is 200 g/mol. The van der Waals surface area contributed by atoms with Crippen LogP contribution in [0.2, 0.25) is 0 Å². The van der Waals surface area contributed by atoms with Gasteiger partial charge in [-0.25, -0.2) is 0 Å². The third-order valence-corrected chi connectivity index (χ3v) is 3.68. The summed E-state index contributed by atoms with van der Waals surface area (Å²) in [7, 11) is 1.79. The van der Waals surface area contributed by atoms with E-state index in [-0.39, 0.29) is 5.56 Å². The highest BCUT2D eigenvalue weighted by atomic mass is 16.1. The van der Waals surface area contributed by atoms with E-state index in [1.807, 2.05) is 12.3 Å². The zero-order valence-corrected chi connectivity index (χ0v) is 10.3. The van der Waals surface area contributed by atoms with Gasteiger partial charge in [0.15, 0.2) is 0 Å². The first-order valence-electron chi connectivity index (χ1n) is 5.92. The van der Waals surface area contributed by atoms with E-state index in [1.54, 1.807) is 17.7 Å². The molecule has 0 aliphatic heterocycles. The Labute approximate surface area is 96.5 Å². The first kappa shape index (κ1) is 11.2. The van der Waals surface area contributed by atoms with Crippen LogP contribution >= 0.6 is 0 Å². The van der Waals surface area contributed by atoms with E-state index in [2.05, 4.69) is 19.2 Å². The second-order valence-corrected chi connectivity index (χ2v) is 5.44. The molecule has 1 atom stereocenters. The molecule has 0 spiro atoms. The predicted octanol–water partition coefficient (Wildman–Crippen LogP) is 2.38. The van der Waals surface area contributed by atoms with Crippen molar-refractivity contribution in [1.82, 2.24) is 4.57 Å². The van der Waals surface area contributed by atoms with Crippen LogP contribution in [-0.2, 0) is 7.05 Å². The lowest BCUT2D eigenvalue weighted by molar-refractivity contribution is 0.350. The number of hydrogen-bond donors (Lipinski definition) is 1. The molecule has 0 amide bonds. The van der Waals surface area contributed by atoms with Crippen LogP contribution in [-0.4, -0.2) is 10.6 Å². The summed E-state index contributed by atoms with van der Waals surface area (Å²) in [4.78, 5) is 11.3. The number of pyridine rings is 1. The Kier molecular flexibility index (Phi) is 2.78. The summed E-state index contributed by atoms with van der Waals surface area (Å²) in [6.07, 6.45) is 5.65. The smallest absolute Gasteiger partial charge is 0.250 e. The van der Waals surface area contributed by atoms with Crippen molar-refractivity contribution in [2.24, 2.45) is 12.5 Å². The van der Waals surface area contributed by atoms with E-state index in [0.717, 1.165) is 5.69 Å². The van der Waals surface area contributed by atoms with Crippen LogP contribution < -0.4 is 10.9 Å². The topological polar surface area (TPSA) is 34.0 Å². The fourth-order valence-electron chi connectivity index (χ4n) is 2.47. The van der Waals surface area contributed by atoms with Gasteiger partial charge in [-0.3, -0.25) is 4.79 Å². The van der Waals surface area contributed by atoms with Crippen molar-refractivity contribution in [3.05, 3.63) is 28.7 Å². The summed E-state index contributed by atoms with van der Waals surface area (Å²) in [5, 5.41) is 3.54. The van der Waals surface area contributed by atoms with Crippen molar-refractivity contribution in [3.63, 3.8) is 0 Å². The lowest BCUT2D eigenvalue weighted by Crippen LogP contribution is -2.31. The number of nitrogens with one attached hydrogen (secondary N) is 1. The molecule has 88 valence electrons. The summed E-state index contributed by atoms with van der Waals surface area (Å²) >= 11 is 0. The van der Waals surface area contributed by atoms with Gasteiger partial charge < -0.3 is 9.88 Å². The summed E-state index contributed by atoms with van der Waals surface area (Å²) in [5.74, 6) is 0. The summed E-state index contributed by atoms with van der Waals surface area (Å²) in [6, 6.07) is 4.01. The van der Waals surface area contributed by atoms with Gasteiger partial charge in [-0.1, -0.05) is 20.3 Å². The van der Waals surface area contributed by atoms with Crippen LogP contribution in [0.4, 0.5) is 5.69 Å². The Morgan fingerprint density at radius 1 is 1.44 bits per heavy atom. The Hall–Kier alpha value is -1.25. The second-order valence-electron chi connectivity index (χ2n) is 5.44. The fourth-order valence-corrected chi connectivity index (χ4v) is 2.47. The molecule has 0 bridgehead atoms. The maximum atomic E-state index is 11.3. The molecular formula is C13H20N2O. The molecule has 2 rings (SSSR count). The van der Waals surface area contributed by atoms with Gasteiger partial charge in [-0.15, -0.1) is 0 Å². The van der Waals surface area contributed by atoms with Crippen molar-refractivity contribution in [2.75, 3.05) is 5.32 Å².